The first-order chi connectivity index (χ1) is 13.9. The first-order valence-corrected chi connectivity index (χ1v) is 10.9. The van der Waals surface area contributed by atoms with Crippen LogP contribution >= 0.6 is 11.8 Å². The molecule has 3 rings (SSSR count). The number of para-hydroxylation sites is 1. The molecule has 5 nitrogen and oxygen atoms in total. The van der Waals surface area contributed by atoms with E-state index in [0.29, 0.717) is 16.1 Å². The molecule has 3 aromatic rings. The number of fused-ring (bicyclic) bond motifs is 1. The summed E-state index contributed by atoms with van der Waals surface area (Å²) in [6.45, 7) is 8.11. The Morgan fingerprint density at radius 3 is 2.55 bits per heavy atom. The third kappa shape index (κ3) is 5.07. The molecule has 1 N–H and O–H groups in total. The van der Waals surface area contributed by atoms with Crippen molar-refractivity contribution in [2.45, 2.75) is 51.7 Å². The zero-order valence-electron chi connectivity index (χ0n) is 17.4. The maximum atomic E-state index is 13.3. The van der Waals surface area contributed by atoms with Gasteiger partial charge in [-0.3, -0.25) is 14.2 Å². The van der Waals surface area contributed by atoms with Crippen molar-refractivity contribution in [1.29, 1.82) is 0 Å². The van der Waals surface area contributed by atoms with E-state index in [1.54, 1.807) is 10.6 Å². The fourth-order valence-corrected chi connectivity index (χ4v) is 4.29. The van der Waals surface area contributed by atoms with Crippen LogP contribution in [0.1, 0.15) is 37.8 Å². The Kier molecular flexibility index (Phi) is 6.75. The van der Waals surface area contributed by atoms with Crippen LogP contribution in [0.3, 0.4) is 0 Å². The maximum absolute atomic E-state index is 13.3. The molecule has 0 radical (unpaired) electrons. The Bertz CT molecular complexity index is 1070. The number of nitrogens with zero attached hydrogens (tertiary/aromatic N) is 2. The van der Waals surface area contributed by atoms with Crippen LogP contribution in [0.5, 0.6) is 0 Å². The van der Waals surface area contributed by atoms with Gasteiger partial charge in [0.2, 0.25) is 5.91 Å². The molecule has 0 aliphatic rings. The van der Waals surface area contributed by atoms with Gasteiger partial charge >= 0.3 is 0 Å². The van der Waals surface area contributed by atoms with E-state index in [1.165, 1.54) is 11.8 Å². The lowest BCUT2D eigenvalue weighted by molar-refractivity contribution is -0.119. The topological polar surface area (TPSA) is 64.0 Å². The summed E-state index contributed by atoms with van der Waals surface area (Å²) in [5.74, 6) is 0.161. The molecule has 0 saturated carbocycles. The monoisotopic (exact) mass is 409 g/mol. The third-order valence-electron chi connectivity index (χ3n) is 4.67. The van der Waals surface area contributed by atoms with Crippen LogP contribution in [-0.2, 0) is 4.79 Å². The van der Waals surface area contributed by atoms with Crippen molar-refractivity contribution in [3.05, 3.63) is 63.9 Å². The lowest BCUT2D eigenvalue weighted by atomic mass is 10.1. The van der Waals surface area contributed by atoms with Gasteiger partial charge in [0.05, 0.1) is 22.3 Å². The Labute approximate surface area is 175 Å². The van der Waals surface area contributed by atoms with Crippen LogP contribution in [0, 0.1) is 13.8 Å². The number of hydrogen-bond acceptors (Lipinski definition) is 4. The molecule has 0 saturated heterocycles. The molecule has 29 heavy (non-hydrogen) atoms. The van der Waals surface area contributed by atoms with Crippen molar-refractivity contribution < 1.29 is 4.79 Å². The van der Waals surface area contributed by atoms with Crippen LogP contribution in [-0.4, -0.2) is 27.3 Å². The lowest BCUT2D eigenvalue weighted by Crippen LogP contribution is -2.34. The highest BCUT2D eigenvalue weighted by atomic mass is 32.2. The van der Waals surface area contributed by atoms with Gasteiger partial charge in [-0.25, -0.2) is 4.98 Å². The molecular weight excluding hydrogens is 382 g/mol. The number of hydrogen-bond donors (Lipinski definition) is 1. The van der Waals surface area contributed by atoms with Gasteiger partial charge in [0.15, 0.2) is 5.16 Å². The van der Waals surface area contributed by atoms with E-state index in [0.717, 1.165) is 29.7 Å². The van der Waals surface area contributed by atoms with Gasteiger partial charge in [0, 0.05) is 6.04 Å². The molecule has 0 fully saturated rings. The van der Waals surface area contributed by atoms with Crippen LogP contribution in [0.25, 0.3) is 16.6 Å². The third-order valence-corrected chi connectivity index (χ3v) is 5.61. The summed E-state index contributed by atoms with van der Waals surface area (Å²) in [4.78, 5) is 30.4. The molecule has 1 atom stereocenters. The normalized spacial score (nSPS) is 12.1. The lowest BCUT2D eigenvalue weighted by Gasteiger charge is -2.15. The predicted octanol–water partition coefficient (Wildman–Crippen LogP) is 4.40. The Hall–Kier alpha value is -2.60. The van der Waals surface area contributed by atoms with E-state index in [1.807, 2.05) is 51.1 Å². The van der Waals surface area contributed by atoms with Crippen molar-refractivity contribution >= 4 is 28.6 Å². The van der Waals surface area contributed by atoms with Crippen molar-refractivity contribution in [3.8, 4) is 5.69 Å². The standard InChI is InChI=1S/C23H27N3O2S/c1-5-8-17(4)24-21(27)14-29-23-25-20-10-7-6-9-19(20)22(28)26(23)18-12-15(2)11-16(3)13-18/h6-7,9-13,17H,5,8,14H2,1-4H3,(H,24,27)/t17-/m0/s1. The Morgan fingerprint density at radius 2 is 1.86 bits per heavy atom. The highest BCUT2D eigenvalue weighted by Gasteiger charge is 2.16. The number of aryl methyl sites for hydroxylation is 2. The number of rotatable bonds is 7. The second kappa shape index (κ2) is 9.27. The van der Waals surface area contributed by atoms with Gasteiger partial charge < -0.3 is 5.32 Å². The van der Waals surface area contributed by atoms with E-state index >= 15 is 0 Å². The second-order valence-electron chi connectivity index (χ2n) is 7.44. The number of thioether (sulfide) groups is 1. The molecule has 2 aromatic carbocycles. The van der Waals surface area contributed by atoms with E-state index in [-0.39, 0.29) is 23.3 Å². The van der Waals surface area contributed by atoms with Crippen LogP contribution < -0.4 is 10.9 Å². The molecule has 1 aromatic heterocycles. The van der Waals surface area contributed by atoms with Crippen molar-refractivity contribution in [2.75, 3.05) is 5.75 Å². The number of carbonyl (C=O) groups is 1. The number of amides is 1. The zero-order chi connectivity index (χ0) is 21.0. The molecule has 6 heteroatoms. The number of nitrogens with one attached hydrogen (secondary N) is 1. The molecule has 0 bridgehead atoms. The summed E-state index contributed by atoms with van der Waals surface area (Å²) in [5.41, 5.74) is 3.43. The number of benzene rings is 2. The van der Waals surface area contributed by atoms with Gasteiger partial charge in [-0.2, -0.15) is 0 Å². The van der Waals surface area contributed by atoms with Gasteiger partial charge in [0.25, 0.3) is 5.56 Å². The van der Waals surface area contributed by atoms with E-state index in [9.17, 15) is 9.59 Å². The summed E-state index contributed by atoms with van der Waals surface area (Å²) >= 11 is 1.29. The average Bonchev–Trinajstić information content (AvgIpc) is 2.66. The highest BCUT2D eigenvalue weighted by molar-refractivity contribution is 7.99. The van der Waals surface area contributed by atoms with Gasteiger partial charge in [0.1, 0.15) is 0 Å². The van der Waals surface area contributed by atoms with Crippen molar-refractivity contribution in [3.63, 3.8) is 0 Å². The molecule has 1 heterocycles. The number of carbonyl (C=O) groups excluding carboxylic acids is 1. The summed E-state index contributed by atoms with van der Waals surface area (Å²) in [5, 5.41) is 4.10. The molecule has 0 aliphatic heterocycles. The molecule has 0 unspecified atom stereocenters. The summed E-state index contributed by atoms with van der Waals surface area (Å²) in [6.07, 6.45) is 1.96. The van der Waals surface area contributed by atoms with Crippen LogP contribution in [0.2, 0.25) is 0 Å². The molecule has 152 valence electrons. The first-order valence-electron chi connectivity index (χ1n) is 9.91. The van der Waals surface area contributed by atoms with Crippen molar-refractivity contribution in [1.82, 2.24) is 14.9 Å². The Balaban J connectivity index is 2.01. The summed E-state index contributed by atoms with van der Waals surface area (Å²) in [7, 11) is 0. The highest BCUT2D eigenvalue weighted by Crippen LogP contribution is 2.22. The predicted molar refractivity (Wildman–Crippen MR) is 120 cm³/mol. The number of aromatic nitrogens is 2. The smallest absolute Gasteiger partial charge is 0.266 e. The van der Waals surface area contributed by atoms with Gasteiger partial charge in [-0.1, -0.05) is 43.3 Å². The largest absolute Gasteiger partial charge is 0.353 e. The molecule has 0 aliphatic carbocycles. The Morgan fingerprint density at radius 1 is 1.17 bits per heavy atom. The van der Waals surface area contributed by atoms with E-state index in [2.05, 4.69) is 18.3 Å². The first kappa shape index (κ1) is 21.1. The second-order valence-corrected chi connectivity index (χ2v) is 8.39. The summed E-state index contributed by atoms with van der Waals surface area (Å²) < 4.78 is 1.62. The maximum Gasteiger partial charge on any atom is 0.266 e. The van der Waals surface area contributed by atoms with Gasteiger partial charge in [-0.15, -0.1) is 0 Å². The molecular formula is C23H27N3O2S. The fraction of sp³-hybridized carbons (Fsp3) is 0.348. The zero-order valence-corrected chi connectivity index (χ0v) is 18.2. The fourth-order valence-electron chi connectivity index (χ4n) is 3.47. The quantitative estimate of drug-likeness (QED) is 0.464. The van der Waals surface area contributed by atoms with Crippen LogP contribution in [0.15, 0.2) is 52.4 Å². The van der Waals surface area contributed by atoms with Crippen molar-refractivity contribution in [2.24, 2.45) is 0 Å². The van der Waals surface area contributed by atoms with Crippen LogP contribution in [0.4, 0.5) is 0 Å². The minimum Gasteiger partial charge on any atom is -0.353 e. The SMILES string of the molecule is CCC[C@H](C)NC(=O)CSc1nc2ccccc2c(=O)n1-c1cc(C)cc(C)c1. The molecule has 1 amide bonds. The minimum absolute atomic E-state index is 0.0506. The van der Waals surface area contributed by atoms with Gasteiger partial charge in [-0.05, 0) is 62.6 Å². The average molecular weight is 410 g/mol. The summed E-state index contributed by atoms with van der Waals surface area (Å²) in [6, 6.07) is 13.5. The minimum atomic E-state index is -0.122. The molecule has 0 spiro atoms. The van der Waals surface area contributed by atoms with E-state index in [4.69, 9.17) is 4.98 Å². The van der Waals surface area contributed by atoms with E-state index < -0.39 is 0 Å².